The highest BCUT2D eigenvalue weighted by Crippen LogP contribution is 2.30. The van der Waals surface area contributed by atoms with Gasteiger partial charge in [-0.25, -0.2) is 0 Å². The van der Waals surface area contributed by atoms with Crippen molar-refractivity contribution in [2.45, 2.75) is 38.9 Å². The molecule has 0 spiro atoms. The summed E-state index contributed by atoms with van der Waals surface area (Å²) in [6, 6.07) is 29.5. The molecule has 5 nitrogen and oxygen atoms in total. The largest absolute Gasteiger partial charge is 0.491 e. The van der Waals surface area contributed by atoms with Crippen molar-refractivity contribution in [2.75, 3.05) is 19.8 Å². The number of epoxide rings is 2. The highest BCUT2D eigenvalue weighted by atomic mass is 16.6. The van der Waals surface area contributed by atoms with Crippen LogP contribution in [0.25, 0.3) is 11.1 Å². The van der Waals surface area contributed by atoms with Gasteiger partial charge in [-0.2, -0.15) is 0 Å². The molecule has 2 aliphatic rings. The quantitative estimate of drug-likeness (QED) is 0.148. The van der Waals surface area contributed by atoms with E-state index in [1.165, 1.54) is 16.7 Å². The van der Waals surface area contributed by atoms with E-state index in [0.29, 0.717) is 12.7 Å². The van der Waals surface area contributed by atoms with E-state index in [-0.39, 0.29) is 6.10 Å². The van der Waals surface area contributed by atoms with Crippen molar-refractivity contribution in [1.29, 1.82) is 0 Å². The molecule has 0 amide bonds. The van der Waals surface area contributed by atoms with Crippen LogP contribution < -0.4 is 4.74 Å². The molecule has 2 atom stereocenters. The predicted molar refractivity (Wildman–Crippen MR) is 162 cm³/mol. The first kappa shape index (κ1) is 26.2. The second-order valence-corrected chi connectivity index (χ2v) is 10.6. The molecule has 0 aromatic heterocycles. The molecule has 2 fully saturated rings. The van der Waals surface area contributed by atoms with Crippen LogP contribution in [-0.4, -0.2) is 44.5 Å². The Bertz CT molecular complexity index is 1400. The lowest BCUT2D eigenvalue weighted by Gasteiger charge is -2.08. The molecule has 4 aromatic carbocycles. The molecule has 2 heterocycles. The van der Waals surface area contributed by atoms with Crippen molar-refractivity contribution >= 4 is 23.8 Å². The molecule has 202 valence electrons. The first-order chi connectivity index (χ1) is 19.6. The lowest BCUT2D eigenvalue weighted by Crippen LogP contribution is -2.03. The van der Waals surface area contributed by atoms with Gasteiger partial charge in [-0.15, -0.1) is 0 Å². The normalized spacial score (nSPS) is 17.9. The van der Waals surface area contributed by atoms with E-state index in [4.69, 9.17) is 24.2 Å². The molecular weight excluding hydrogens is 496 g/mol. The number of ether oxygens (including phenoxy) is 3. The van der Waals surface area contributed by atoms with Gasteiger partial charge in [0.25, 0.3) is 0 Å². The molecular formula is C35H34N2O3. The highest BCUT2D eigenvalue weighted by Gasteiger charge is 2.23. The summed E-state index contributed by atoms with van der Waals surface area (Å²) >= 11 is 0. The van der Waals surface area contributed by atoms with Crippen LogP contribution >= 0.6 is 0 Å². The first-order valence-electron chi connectivity index (χ1n) is 13.9. The minimum absolute atomic E-state index is 0.258. The zero-order valence-corrected chi connectivity index (χ0v) is 23.0. The van der Waals surface area contributed by atoms with E-state index in [0.717, 1.165) is 65.4 Å². The Kier molecular flexibility index (Phi) is 7.85. The van der Waals surface area contributed by atoms with E-state index in [1.54, 1.807) is 0 Å². The second kappa shape index (κ2) is 12.0. The number of hydrogen-bond acceptors (Lipinski definition) is 5. The lowest BCUT2D eigenvalue weighted by atomic mass is 10.00. The zero-order valence-electron chi connectivity index (χ0n) is 23.0. The molecule has 0 aliphatic carbocycles. The minimum Gasteiger partial charge on any atom is -0.491 e. The van der Waals surface area contributed by atoms with Crippen LogP contribution in [0, 0.1) is 13.8 Å². The Morgan fingerprint density at radius 2 is 1.23 bits per heavy atom. The maximum atomic E-state index is 5.71. The van der Waals surface area contributed by atoms with Gasteiger partial charge in [0.1, 0.15) is 18.5 Å². The van der Waals surface area contributed by atoms with Gasteiger partial charge in [0.2, 0.25) is 0 Å². The van der Waals surface area contributed by atoms with Crippen molar-refractivity contribution in [1.82, 2.24) is 0 Å². The Hall–Kier alpha value is -4.06. The summed E-state index contributed by atoms with van der Waals surface area (Å²) in [7, 11) is 0. The molecule has 5 heteroatoms. The van der Waals surface area contributed by atoms with Gasteiger partial charge < -0.3 is 14.2 Å². The van der Waals surface area contributed by atoms with E-state index in [9.17, 15) is 0 Å². The second-order valence-electron chi connectivity index (χ2n) is 10.6. The first-order valence-corrected chi connectivity index (χ1v) is 13.9. The smallest absolute Gasteiger partial charge is 0.119 e. The molecule has 2 unspecified atom stereocenters. The fraction of sp³-hybridized carbons (Fsp3) is 0.257. The monoisotopic (exact) mass is 530 g/mol. The molecule has 0 radical (unpaired) electrons. The predicted octanol–water partition coefficient (Wildman–Crippen LogP) is 7.58. The summed E-state index contributed by atoms with van der Waals surface area (Å²) in [5, 5.41) is 0. The van der Waals surface area contributed by atoms with Gasteiger partial charge in [-0.1, -0.05) is 36.4 Å². The molecule has 0 saturated carbocycles. The van der Waals surface area contributed by atoms with Crippen molar-refractivity contribution in [3.63, 3.8) is 0 Å². The van der Waals surface area contributed by atoms with E-state index in [2.05, 4.69) is 74.5 Å². The molecule has 2 saturated heterocycles. The minimum atomic E-state index is 0.258. The van der Waals surface area contributed by atoms with Gasteiger partial charge in [0.05, 0.1) is 30.7 Å². The number of hydrogen-bond donors (Lipinski definition) is 0. The van der Waals surface area contributed by atoms with Crippen LogP contribution in [0.5, 0.6) is 5.75 Å². The third-order valence-corrected chi connectivity index (χ3v) is 7.29. The standard InChI is InChI=1S/C35H34N2O3/c1-24-17-29(10-15-34(24)36-19-27-5-3-26(4-6-27)7-14-32-21-39-32)30-11-16-35(25(2)18-30)37-20-28-8-12-31(13-9-28)38-22-33-23-40-33/h3-6,8-13,15-20,32-33H,7,14,21-23H2,1-2H3. The van der Waals surface area contributed by atoms with Gasteiger partial charge >= 0.3 is 0 Å². The molecule has 0 N–H and O–H groups in total. The third-order valence-electron chi connectivity index (χ3n) is 7.29. The van der Waals surface area contributed by atoms with E-state index in [1.807, 2.05) is 36.7 Å². The fourth-order valence-electron chi connectivity index (χ4n) is 4.58. The number of aryl methyl sites for hydroxylation is 3. The maximum Gasteiger partial charge on any atom is 0.119 e. The SMILES string of the molecule is Cc1cc(-c2ccc(N=Cc3ccc(OCC4CO4)cc3)c(C)c2)ccc1N=Cc1ccc(CCC2CO2)cc1. The van der Waals surface area contributed by atoms with Crippen LogP contribution in [0.4, 0.5) is 11.4 Å². The summed E-state index contributed by atoms with van der Waals surface area (Å²) < 4.78 is 16.2. The van der Waals surface area contributed by atoms with E-state index < -0.39 is 0 Å². The van der Waals surface area contributed by atoms with E-state index >= 15 is 0 Å². The average molecular weight is 531 g/mol. The van der Waals surface area contributed by atoms with Crippen LogP contribution in [0.15, 0.2) is 94.9 Å². The summed E-state index contributed by atoms with van der Waals surface area (Å²) in [6.45, 7) is 6.55. The third kappa shape index (κ3) is 7.12. The Morgan fingerprint density at radius 1 is 0.700 bits per heavy atom. The topological polar surface area (TPSA) is 59.0 Å². The van der Waals surface area contributed by atoms with Gasteiger partial charge in [-0.3, -0.25) is 9.98 Å². The Labute approximate surface area is 236 Å². The van der Waals surface area contributed by atoms with Crippen molar-refractivity contribution in [3.05, 3.63) is 113 Å². The molecule has 0 bridgehead atoms. The van der Waals surface area contributed by atoms with Crippen LogP contribution in [-0.2, 0) is 15.9 Å². The highest BCUT2D eigenvalue weighted by molar-refractivity contribution is 5.84. The maximum absolute atomic E-state index is 5.71. The van der Waals surface area contributed by atoms with Crippen LogP contribution in [0.2, 0.25) is 0 Å². The van der Waals surface area contributed by atoms with Crippen molar-refractivity contribution in [2.24, 2.45) is 9.98 Å². The van der Waals surface area contributed by atoms with Gasteiger partial charge in [0, 0.05) is 12.4 Å². The number of rotatable bonds is 11. The van der Waals surface area contributed by atoms with Gasteiger partial charge in [0.15, 0.2) is 0 Å². The van der Waals surface area contributed by atoms with Crippen molar-refractivity contribution in [3.8, 4) is 16.9 Å². The number of benzene rings is 4. The summed E-state index contributed by atoms with van der Waals surface area (Å²) in [5.74, 6) is 0.851. The summed E-state index contributed by atoms with van der Waals surface area (Å²) in [4.78, 5) is 9.48. The number of nitrogens with zero attached hydrogens (tertiary/aromatic N) is 2. The Balaban J connectivity index is 1.07. The summed E-state index contributed by atoms with van der Waals surface area (Å²) in [6.07, 6.45) is 6.74. The van der Waals surface area contributed by atoms with Gasteiger partial charge in [-0.05, 0) is 114 Å². The van der Waals surface area contributed by atoms with Crippen LogP contribution in [0.1, 0.15) is 34.2 Å². The summed E-state index contributed by atoms with van der Waals surface area (Å²) in [5.41, 5.74) is 10.0. The van der Waals surface area contributed by atoms with Crippen molar-refractivity contribution < 1.29 is 14.2 Å². The molecule has 4 aromatic rings. The fourth-order valence-corrected chi connectivity index (χ4v) is 4.58. The van der Waals surface area contributed by atoms with Crippen LogP contribution in [0.3, 0.4) is 0 Å². The molecule has 6 rings (SSSR count). The zero-order chi connectivity index (χ0) is 27.3. The average Bonchev–Trinajstić information content (AvgIpc) is 3.91. The Morgan fingerprint density at radius 3 is 1.73 bits per heavy atom. The number of aliphatic imine (C=N–C) groups is 2. The molecule has 2 aliphatic heterocycles. The molecule has 40 heavy (non-hydrogen) atoms. The lowest BCUT2D eigenvalue weighted by molar-refractivity contribution is 0.263.